The van der Waals surface area contributed by atoms with Crippen LogP contribution in [-0.4, -0.2) is 35.6 Å². The van der Waals surface area contributed by atoms with Crippen molar-refractivity contribution >= 4 is 5.97 Å². The first kappa shape index (κ1) is 13.9. The van der Waals surface area contributed by atoms with E-state index in [1.165, 1.54) is 25.7 Å². The molecular weight excluding hydrogens is 226 g/mol. The Morgan fingerprint density at radius 2 is 1.83 bits per heavy atom. The van der Waals surface area contributed by atoms with Crippen LogP contribution in [0.3, 0.4) is 0 Å². The van der Waals surface area contributed by atoms with Crippen molar-refractivity contribution in [3.63, 3.8) is 0 Å². The van der Waals surface area contributed by atoms with Gasteiger partial charge in [0, 0.05) is 19.6 Å². The number of likely N-dealkylation sites (tertiary alicyclic amines) is 1. The monoisotopic (exact) mass is 253 g/mol. The Labute approximate surface area is 111 Å². The Morgan fingerprint density at radius 1 is 1.28 bits per heavy atom. The van der Waals surface area contributed by atoms with Gasteiger partial charge in [0.2, 0.25) is 0 Å². The third kappa shape index (κ3) is 3.25. The SMILES string of the molecule is CC(C)(C)CC(CN1CC2(CCCC2)C1)C(=O)O. The first-order valence-electron chi connectivity index (χ1n) is 7.25. The van der Waals surface area contributed by atoms with E-state index >= 15 is 0 Å². The molecule has 1 aliphatic carbocycles. The van der Waals surface area contributed by atoms with Gasteiger partial charge in [0.05, 0.1) is 5.92 Å². The lowest BCUT2D eigenvalue weighted by Gasteiger charge is -2.49. The smallest absolute Gasteiger partial charge is 0.307 e. The highest BCUT2D eigenvalue weighted by Gasteiger charge is 2.45. The minimum atomic E-state index is -0.628. The van der Waals surface area contributed by atoms with Crippen LogP contribution in [0.2, 0.25) is 0 Å². The van der Waals surface area contributed by atoms with E-state index < -0.39 is 5.97 Å². The second kappa shape index (κ2) is 4.84. The maximum atomic E-state index is 11.3. The van der Waals surface area contributed by atoms with Gasteiger partial charge >= 0.3 is 5.97 Å². The lowest BCUT2D eigenvalue weighted by atomic mass is 9.77. The van der Waals surface area contributed by atoms with Crippen molar-refractivity contribution in [1.82, 2.24) is 4.90 Å². The standard InChI is InChI=1S/C15H27NO2/c1-14(2,3)8-12(13(17)18)9-16-10-15(11-16)6-4-5-7-15/h12H,4-11H2,1-3H3,(H,17,18). The van der Waals surface area contributed by atoms with Crippen molar-refractivity contribution < 1.29 is 9.90 Å². The van der Waals surface area contributed by atoms with Gasteiger partial charge in [0.1, 0.15) is 0 Å². The third-order valence-corrected chi connectivity index (χ3v) is 4.47. The molecular formula is C15H27NO2. The van der Waals surface area contributed by atoms with E-state index in [2.05, 4.69) is 25.7 Å². The Balaban J connectivity index is 1.82. The fourth-order valence-electron chi connectivity index (χ4n) is 3.75. The number of aliphatic carboxylic acids is 1. The molecule has 0 aromatic heterocycles. The van der Waals surface area contributed by atoms with Gasteiger partial charge in [0.25, 0.3) is 0 Å². The molecule has 0 aromatic rings. The van der Waals surface area contributed by atoms with Crippen molar-refractivity contribution in [3.8, 4) is 0 Å². The van der Waals surface area contributed by atoms with Crippen LogP contribution in [0.15, 0.2) is 0 Å². The molecule has 104 valence electrons. The fraction of sp³-hybridized carbons (Fsp3) is 0.933. The molecule has 2 rings (SSSR count). The molecule has 1 spiro atoms. The number of hydrogen-bond donors (Lipinski definition) is 1. The predicted molar refractivity (Wildman–Crippen MR) is 72.5 cm³/mol. The molecule has 1 N–H and O–H groups in total. The van der Waals surface area contributed by atoms with Crippen LogP contribution in [0, 0.1) is 16.7 Å². The maximum Gasteiger partial charge on any atom is 0.307 e. The molecule has 0 amide bonds. The Hall–Kier alpha value is -0.570. The largest absolute Gasteiger partial charge is 0.481 e. The van der Waals surface area contributed by atoms with Crippen LogP contribution in [0.1, 0.15) is 52.9 Å². The highest BCUT2D eigenvalue weighted by atomic mass is 16.4. The number of rotatable bonds is 4. The Bertz CT molecular complexity index is 305. The van der Waals surface area contributed by atoms with Gasteiger partial charge < -0.3 is 10.0 Å². The van der Waals surface area contributed by atoms with Crippen LogP contribution in [0.25, 0.3) is 0 Å². The molecule has 2 fully saturated rings. The van der Waals surface area contributed by atoms with Gasteiger partial charge in [-0.25, -0.2) is 0 Å². The second-order valence-corrected chi connectivity index (χ2v) is 7.68. The molecule has 1 unspecified atom stereocenters. The molecule has 18 heavy (non-hydrogen) atoms. The van der Waals surface area contributed by atoms with Crippen LogP contribution >= 0.6 is 0 Å². The van der Waals surface area contributed by atoms with Crippen LogP contribution < -0.4 is 0 Å². The van der Waals surface area contributed by atoms with E-state index in [0.29, 0.717) is 5.41 Å². The second-order valence-electron chi connectivity index (χ2n) is 7.68. The predicted octanol–water partition coefficient (Wildman–Crippen LogP) is 3.00. The van der Waals surface area contributed by atoms with E-state index in [1.807, 2.05) is 0 Å². The first-order chi connectivity index (χ1) is 8.30. The summed E-state index contributed by atoms with van der Waals surface area (Å²) in [5.41, 5.74) is 0.670. The maximum absolute atomic E-state index is 11.3. The molecule has 3 nitrogen and oxygen atoms in total. The highest BCUT2D eigenvalue weighted by molar-refractivity contribution is 5.70. The van der Waals surface area contributed by atoms with Gasteiger partial charge in [-0.15, -0.1) is 0 Å². The zero-order chi connectivity index (χ0) is 13.4. The van der Waals surface area contributed by atoms with Crippen molar-refractivity contribution in [3.05, 3.63) is 0 Å². The van der Waals surface area contributed by atoms with Crippen molar-refractivity contribution in [2.24, 2.45) is 16.7 Å². The Kier molecular flexibility index (Phi) is 3.72. The van der Waals surface area contributed by atoms with Gasteiger partial charge in [-0.2, -0.15) is 0 Å². The first-order valence-corrected chi connectivity index (χ1v) is 7.25. The van der Waals surface area contributed by atoms with E-state index in [9.17, 15) is 9.90 Å². The van der Waals surface area contributed by atoms with E-state index in [4.69, 9.17) is 0 Å². The molecule has 1 heterocycles. The summed E-state index contributed by atoms with van der Waals surface area (Å²) in [6, 6.07) is 0. The molecule has 1 atom stereocenters. The summed E-state index contributed by atoms with van der Waals surface area (Å²) in [5.74, 6) is -0.832. The van der Waals surface area contributed by atoms with Crippen molar-refractivity contribution in [1.29, 1.82) is 0 Å². The van der Waals surface area contributed by atoms with Crippen molar-refractivity contribution in [2.45, 2.75) is 52.9 Å². The van der Waals surface area contributed by atoms with Gasteiger partial charge in [0.15, 0.2) is 0 Å². The normalized spacial score (nSPS) is 25.1. The minimum absolute atomic E-state index is 0.0962. The summed E-state index contributed by atoms with van der Waals surface area (Å²) in [7, 11) is 0. The topological polar surface area (TPSA) is 40.5 Å². The number of carboxylic acid groups (broad SMARTS) is 1. The zero-order valence-corrected chi connectivity index (χ0v) is 12.0. The fourth-order valence-corrected chi connectivity index (χ4v) is 3.75. The lowest BCUT2D eigenvalue weighted by Crippen LogP contribution is -2.56. The van der Waals surface area contributed by atoms with Gasteiger partial charge in [-0.3, -0.25) is 4.79 Å². The van der Waals surface area contributed by atoms with Crippen LogP contribution in [-0.2, 0) is 4.79 Å². The Morgan fingerprint density at radius 3 is 2.28 bits per heavy atom. The lowest BCUT2D eigenvalue weighted by molar-refractivity contribution is -0.145. The molecule has 0 radical (unpaired) electrons. The summed E-state index contributed by atoms with van der Waals surface area (Å²) in [6.07, 6.45) is 6.24. The molecule has 3 heteroatoms. The third-order valence-electron chi connectivity index (χ3n) is 4.47. The number of carbonyl (C=O) groups is 1. The molecule has 1 saturated carbocycles. The number of hydrogen-bond acceptors (Lipinski definition) is 2. The molecule has 2 aliphatic rings. The minimum Gasteiger partial charge on any atom is -0.481 e. The summed E-state index contributed by atoms with van der Waals surface area (Å²) in [4.78, 5) is 13.7. The molecule has 0 aromatic carbocycles. The van der Waals surface area contributed by atoms with Crippen molar-refractivity contribution in [2.75, 3.05) is 19.6 Å². The summed E-state index contributed by atoms with van der Waals surface area (Å²) < 4.78 is 0. The summed E-state index contributed by atoms with van der Waals surface area (Å²) >= 11 is 0. The van der Waals surface area contributed by atoms with E-state index in [1.54, 1.807) is 0 Å². The molecule has 1 aliphatic heterocycles. The number of carboxylic acids is 1. The van der Waals surface area contributed by atoms with Gasteiger partial charge in [-0.05, 0) is 30.1 Å². The van der Waals surface area contributed by atoms with E-state index in [0.717, 1.165) is 26.1 Å². The van der Waals surface area contributed by atoms with Gasteiger partial charge in [-0.1, -0.05) is 33.6 Å². The highest BCUT2D eigenvalue weighted by Crippen LogP contribution is 2.45. The number of nitrogens with zero attached hydrogens (tertiary/aromatic N) is 1. The summed E-state index contributed by atoms with van der Waals surface area (Å²) in [6.45, 7) is 9.39. The average molecular weight is 253 g/mol. The summed E-state index contributed by atoms with van der Waals surface area (Å²) in [5, 5.41) is 9.34. The molecule has 0 bridgehead atoms. The quantitative estimate of drug-likeness (QED) is 0.837. The van der Waals surface area contributed by atoms with E-state index in [-0.39, 0.29) is 11.3 Å². The average Bonchev–Trinajstić information content (AvgIpc) is 2.62. The van der Waals surface area contributed by atoms with Crippen LogP contribution in [0.4, 0.5) is 0 Å². The van der Waals surface area contributed by atoms with Crippen LogP contribution in [0.5, 0.6) is 0 Å². The molecule has 1 saturated heterocycles. The zero-order valence-electron chi connectivity index (χ0n) is 12.0.